The average Bonchev–Trinajstić information content (AvgIpc) is 2.57. The number of hydrogen-bond donors (Lipinski definition) is 0. The predicted octanol–water partition coefficient (Wildman–Crippen LogP) is 2.76. The normalized spacial score (nSPS) is 21.5. The van der Waals surface area contributed by atoms with Gasteiger partial charge in [0.25, 0.3) is 0 Å². The van der Waals surface area contributed by atoms with Crippen LogP contribution in [0.4, 0.5) is 4.79 Å². The molecule has 0 radical (unpaired) electrons. The molecule has 20 heavy (non-hydrogen) atoms. The van der Waals surface area contributed by atoms with E-state index in [0.29, 0.717) is 11.5 Å². The van der Waals surface area contributed by atoms with Gasteiger partial charge in [0.15, 0.2) is 0 Å². The zero-order chi connectivity index (χ0) is 14.5. The summed E-state index contributed by atoms with van der Waals surface area (Å²) in [5.41, 5.74) is 1.12. The Balaban J connectivity index is 1.49. The SMILES string of the molecule is Cc1cnn(C2CC3(C2)CN(C(=O)OC(C)(C)C)C3)c1. The topological polar surface area (TPSA) is 47.4 Å². The van der Waals surface area contributed by atoms with Crippen molar-refractivity contribution in [2.24, 2.45) is 5.41 Å². The van der Waals surface area contributed by atoms with Crippen LogP contribution in [0.1, 0.15) is 45.2 Å². The van der Waals surface area contributed by atoms with E-state index < -0.39 is 5.60 Å². The van der Waals surface area contributed by atoms with Crippen LogP contribution in [0.15, 0.2) is 12.4 Å². The van der Waals surface area contributed by atoms with Crippen molar-refractivity contribution < 1.29 is 9.53 Å². The quantitative estimate of drug-likeness (QED) is 0.793. The fourth-order valence-corrected chi connectivity index (χ4v) is 3.24. The van der Waals surface area contributed by atoms with Crippen molar-refractivity contribution in [3.05, 3.63) is 18.0 Å². The van der Waals surface area contributed by atoms with Gasteiger partial charge in [-0.1, -0.05) is 0 Å². The number of carbonyl (C=O) groups excluding carboxylic acids is 1. The van der Waals surface area contributed by atoms with Crippen molar-refractivity contribution in [2.45, 2.75) is 52.2 Å². The number of aryl methyl sites for hydroxylation is 1. The lowest BCUT2D eigenvalue weighted by Crippen LogP contribution is -2.64. The number of carbonyl (C=O) groups is 1. The lowest BCUT2D eigenvalue weighted by Gasteiger charge is -2.58. The number of ether oxygens (including phenoxy) is 1. The molecule has 1 saturated carbocycles. The van der Waals surface area contributed by atoms with E-state index in [-0.39, 0.29) is 6.09 Å². The van der Waals surface area contributed by atoms with Crippen molar-refractivity contribution in [3.8, 4) is 0 Å². The van der Waals surface area contributed by atoms with Gasteiger partial charge >= 0.3 is 6.09 Å². The molecule has 3 rings (SSSR count). The van der Waals surface area contributed by atoms with Crippen LogP contribution in [-0.2, 0) is 4.74 Å². The van der Waals surface area contributed by atoms with Crippen LogP contribution in [0.25, 0.3) is 0 Å². The van der Waals surface area contributed by atoms with Gasteiger partial charge in [-0.2, -0.15) is 5.10 Å². The maximum absolute atomic E-state index is 11.9. The molecule has 2 aliphatic rings. The molecule has 2 heterocycles. The number of amides is 1. The minimum absolute atomic E-state index is 0.179. The number of aromatic nitrogens is 2. The summed E-state index contributed by atoms with van der Waals surface area (Å²) < 4.78 is 7.45. The Hall–Kier alpha value is -1.52. The predicted molar refractivity (Wildman–Crippen MR) is 75.5 cm³/mol. The molecule has 1 spiro atoms. The molecule has 5 heteroatoms. The van der Waals surface area contributed by atoms with Crippen molar-refractivity contribution in [1.82, 2.24) is 14.7 Å². The lowest BCUT2D eigenvalue weighted by atomic mass is 9.61. The Morgan fingerprint density at radius 1 is 1.40 bits per heavy atom. The first kappa shape index (κ1) is 13.5. The molecule has 1 saturated heterocycles. The molecule has 1 aliphatic heterocycles. The second-order valence-corrected chi connectivity index (χ2v) is 7.40. The third kappa shape index (κ3) is 2.41. The van der Waals surface area contributed by atoms with Crippen molar-refractivity contribution in [1.29, 1.82) is 0 Å². The third-order valence-electron chi connectivity index (χ3n) is 4.15. The zero-order valence-corrected chi connectivity index (χ0v) is 12.7. The monoisotopic (exact) mass is 277 g/mol. The Labute approximate surface area is 119 Å². The second-order valence-electron chi connectivity index (χ2n) is 7.40. The molecule has 2 fully saturated rings. The van der Waals surface area contributed by atoms with Gasteiger partial charge in [0.1, 0.15) is 5.60 Å². The van der Waals surface area contributed by atoms with Crippen molar-refractivity contribution in [2.75, 3.05) is 13.1 Å². The van der Waals surface area contributed by atoms with E-state index in [2.05, 4.69) is 22.9 Å². The summed E-state index contributed by atoms with van der Waals surface area (Å²) >= 11 is 0. The molecule has 0 unspecified atom stereocenters. The van der Waals surface area contributed by atoms with Gasteiger partial charge in [0.2, 0.25) is 0 Å². The van der Waals surface area contributed by atoms with Crippen LogP contribution in [0.5, 0.6) is 0 Å². The fourth-order valence-electron chi connectivity index (χ4n) is 3.24. The van der Waals surface area contributed by atoms with Gasteiger partial charge in [-0.25, -0.2) is 4.79 Å². The van der Waals surface area contributed by atoms with E-state index in [0.717, 1.165) is 25.9 Å². The summed E-state index contributed by atoms with van der Waals surface area (Å²) in [6.45, 7) is 9.43. The molecule has 0 aromatic carbocycles. The largest absolute Gasteiger partial charge is 0.444 e. The summed E-state index contributed by atoms with van der Waals surface area (Å²) in [7, 11) is 0. The third-order valence-corrected chi connectivity index (χ3v) is 4.15. The summed E-state index contributed by atoms with van der Waals surface area (Å²) in [4.78, 5) is 13.7. The van der Waals surface area contributed by atoms with E-state index in [4.69, 9.17) is 4.74 Å². The molecule has 1 amide bonds. The molecular formula is C15H23N3O2. The van der Waals surface area contributed by atoms with E-state index in [1.54, 1.807) is 0 Å². The number of hydrogen-bond acceptors (Lipinski definition) is 3. The number of rotatable bonds is 1. The van der Waals surface area contributed by atoms with Crippen LogP contribution in [0.2, 0.25) is 0 Å². The first-order chi connectivity index (χ1) is 9.26. The van der Waals surface area contributed by atoms with Gasteiger partial charge in [-0.05, 0) is 46.1 Å². The van der Waals surface area contributed by atoms with Crippen molar-refractivity contribution >= 4 is 6.09 Å². The molecule has 1 aliphatic carbocycles. The summed E-state index contributed by atoms with van der Waals surface area (Å²) in [6, 6.07) is 0.504. The van der Waals surface area contributed by atoms with Crippen LogP contribution in [-0.4, -0.2) is 39.5 Å². The first-order valence-corrected chi connectivity index (χ1v) is 7.25. The van der Waals surface area contributed by atoms with Crippen LogP contribution >= 0.6 is 0 Å². The minimum atomic E-state index is -0.408. The highest BCUT2D eigenvalue weighted by Gasteiger charge is 2.55. The molecule has 0 bridgehead atoms. The van der Waals surface area contributed by atoms with E-state index in [9.17, 15) is 4.79 Å². The summed E-state index contributed by atoms with van der Waals surface area (Å²) in [5, 5.41) is 4.38. The smallest absolute Gasteiger partial charge is 0.410 e. The molecule has 110 valence electrons. The van der Waals surface area contributed by atoms with Crippen LogP contribution < -0.4 is 0 Å². The van der Waals surface area contributed by atoms with Gasteiger partial charge in [0.05, 0.1) is 12.2 Å². The molecular weight excluding hydrogens is 254 g/mol. The fraction of sp³-hybridized carbons (Fsp3) is 0.733. The molecule has 0 N–H and O–H groups in total. The van der Waals surface area contributed by atoms with Crippen LogP contribution in [0.3, 0.4) is 0 Å². The summed E-state index contributed by atoms with van der Waals surface area (Å²) in [6.07, 6.45) is 6.06. The molecule has 0 atom stereocenters. The first-order valence-electron chi connectivity index (χ1n) is 7.25. The van der Waals surface area contributed by atoms with Gasteiger partial charge in [-0.15, -0.1) is 0 Å². The Morgan fingerprint density at radius 2 is 2.05 bits per heavy atom. The van der Waals surface area contributed by atoms with E-state index in [1.165, 1.54) is 5.56 Å². The molecule has 5 nitrogen and oxygen atoms in total. The highest BCUT2D eigenvalue weighted by atomic mass is 16.6. The number of nitrogens with zero attached hydrogens (tertiary/aromatic N) is 3. The highest BCUT2D eigenvalue weighted by molar-refractivity contribution is 5.69. The highest BCUT2D eigenvalue weighted by Crippen LogP contribution is 2.54. The van der Waals surface area contributed by atoms with E-state index >= 15 is 0 Å². The molecule has 1 aromatic rings. The number of likely N-dealkylation sites (tertiary alicyclic amines) is 1. The van der Waals surface area contributed by atoms with Gasteiger partial charge in [0, 0.05) is 24.7 Å². The maximum Gasteiger partial charge on any atom is 0.410 e. The maximum atomic E-state index is 11.9. The van der Waals surface area contributed by atoms with E-state index in [1.807, 2.05) is 31.9 Å². The second kappa shape index (κ2) is 4.24. The molecule has 1 aromatic heterocycles. The Bertz CT molecular complexity index is 515. The average molecular weight is 277 g/mol. The Kier molecular flexibility index (Phi) is 2.85. The van der Waals surface area contributed by atoms with Crippen LogP contribution in [0, 0.1) is 12.3 Å². The zero-order valence-electron chi connectivity index (χ0n) is 12.7. The lowest BCUT2D eigenvalue weighted by molar-refractivity contribution is -0.0927. The minimum Gasteiger partial charge on any atom is -0.444 e. The van der Waals surface area contributed by atoms with Gasteiger partial charge in [-0.3, -0.25) is 4.68 Å². The summed E-state index contributed by atoms with van der Waals surface area (Å²) in [5.74, 6) is 0. The standard InChI is InChI=1S/C15H23N3O2/c1-11-7-16-18(8-11)12-5-15(6-12)9-17(10-15)13(19)20-14(2,3)4/h7-8,12H,5-6,9-10H2,1-4H3. The Morgan fingerprint density at radius 3 is 2.55 bits per heavy atom. The van der Waals surface area contributed by atoms with Gasteiger partial charge < -0.3 is 9.64 Å². The van der Waals surface area contributed by atoms with Crippen molar-refractivity contribution in [3.63, 3.8) is 0 Å².